The van der Waals surface area contributed by atoms with Gasteiger partial charge in [-0.1, -0.05) is 50.1 Å². The fraction of sp³-hybridized carbons (Fsp3) is 0.647. The molecule has 1 fully saturated rings. The SMILES string of the molecule is CCN(CCCNC1CCCC1)Cc1ccccc1. The first kappa shape index (κ1) is 14.5. The summed E-state index contributed by atoms with van der Waals surface area (Å²) in [4.78, 5) is 2.53. The molecule has 1 N–H and O–H groups in total. The Kier molecular flexibility index (Phi) is 6.38. The van der Waals surface area contributed by atoms with E-state index in [0.29, 0.717) is 0 Å². The third kappa shape index (κ3) is 5.33. The molecule has 0 bridgehead atoms. The molecular weight excluding hydrogens is 232 g/mol. The minimum atomic E-state index is 0.809. The van der Waals surface area contributed by atoms with Crippen LogP contribution in [0.4, 0.5) is 0 Å². The lowest BCUT2D eigenvalue weighted by atomic mass is 10.2. The van der Waals surface area contributed by atoms with Crippen LogP contribution in [0, 0.1) is 0 Å². The predicted molar refractivity (Wildman–Crippen MR) is 82.3 cm³/mol. The van der Waals surface area contributed by atoms with E-state index >= 15 is 0 Å². The molecule has 0 heterocycles. The van der Waals surface area contributed by atoms with Gasteiger partial charge in [-0.2, -0.15) is 0 Å². The number of benzene rings is 1. The molecule has 0 atom stereocenters. The Labute approximate surface area is 118 Å². The van der Waals surface area contributed by atoms with E-state index in [1.54, 1.807) is 0 Å². The van der Waals surface area contributed by atoms with Crippen molar-refractivity contribution in [1.82, 2.24) is 10.2 Å². The van der Waals surface area contributed by atoms with Crippen molar-refractivity contribution in [3.63, 3.8) is 0 Å². The van der Waals surface area contributed by atoms with Crippen LogP contribution in [0.1, 0.15) is 44.6 Å². The van der Waals surface area contributed by atoms with Crippen LogP contribution in [0.15, 0.2) is 30.3 Å². The summed E-state index contributed by atoms with van der Waals surface area (Å²) in [6.07, 6.45) is 6.89. The lowest BCUT2D eigenvalue weighted by Crippen LogP contribution is -2.31. The van der Waals surface area contributed by atoms with Crippen LogP contribution >= 0.6 is 0 Å². The van der Waals surface area contributed by atoms with Crippen molar-refractivity contribution in [2.45, 2.75) is 51.6 Å². The quantitative estimate of drug-likeness (QED) is 0.720. The second-order valence-corrected chi connectivity index (χ2v) is 5.64. The molecule has 0 unspecified atom stereocenters. The first-order valence-corrected chi connectivity index (χ1v) is 7.88. The van der Waals surface area contributed by atoms with Crippen LogP contribution < -0.4 is 5.32 Å². The first-order valence-electron chi connectivity index (χ1n) is 7.88. The summed E-state index contributed by atoms with van der Waals surface area (Å²) < 4.78 is 0. The molecule has 0 saturated heterocycles. The van der Waals surface area contributed by atoms with Gasteiger partial charge in [-0.25, -0.2) is 0 Å². The topological polar surface area (TPSA) is 15.3 Å². The maximum absolute atomic E-state index is 3.70. The smallest absolute Gasteiger partial charge is 0.0233 e. The molecule has 0 amide bonds. The minimum Gasteiger partial charge on any atom is -0.314 e. The third-order valence-electron chi connectivity index (χ3n) is 4.14. The molecule has 0 radical (unpaired) electrons. The molecule has 19 heavy (non-hydrogen) atoms. The molecule has 0 aromatic heterocycles. The number of nitrogens with zero attached hydrogens (tertiary/aromatic N) is 1. The molecule has 1 saturated carbocycles. The summed E-state index contributed by atoms with van der Waals surface area (Å²) in [6.45, 7) is 6.85. The van der Waals surface area contributed by atoms with E-state index in [2.05, 4.69) is 47.5 Å². The van der Waals surface area contributed by atoms with Crippen molar-refractivity contribution in [2.75, 3.05) is 19.6 Å². The van der Waals surface area contributed by atoms with Crippen molar-refractivity contribution in [3.8, 4) is 0 Å². The second-order valence-electron chi connectivity index (χ2n) is 5.64. The van der Waals surface area contributed by atoms with Crippen molar-refractivity contribution in [1.29, 1.82) is 0 Å². The number of hydrogen-bond donors (Lipinski definition) is 1. The van der Waals surface area contributed by atoms with Crippen LogP contribution in [0.25, 0.3) is 0 Å². The largest absolute Gasteiger partial charge is 0.314 e. The lowest BCUT2D eigenvalue weighted by Gasteiger charge is -2.21. The van der Waals surface area contributed by atoms with Crippen molar-refractivity contribution in [3.05, 3.63) is 35.9 Å². The minimum absolute atomic E-state index is 0.809. The molecule has 2 nitrogen and oxygen atoms in total. The van der Waals surface area contributed by atoms with E-state index in [1.165, 1.54) is 50.8 Å². The van der Waals surface area contributed by atoms with Crippen LogP contribution in [0.5, 0.6) is 0 Å². The molecule has 0 spiro atoms. The second kappa shape index (κ2) is 8.34. The fourth-order valence-corrected chi connectivity index (χ4v) is 2.93. The monoisotopic (exact) mass is 260 g/mol. The average molecular weight is 260 g/mol. The van der Waals surface area contributed by atoms with E-state index in [1.807, 2.05) is 0 Å². The average Bonchev–Trinajstić information content (AvgIpc) is 2.96. The maximum atomic E-state index is 3.70. The van der Waals surface area contributed by atoms with Gasteiger partial charge < -0.3 is 5.32 Å². The zero-order valence-electron chi connectivity index (χ0n) is 12.3. The predicted octanol–water partition coefficient (Wildman–Crippen LogP) is 3.43. The molecule has 1 aliphatic carbocycles. The van der Waals surface area contributed by atoms with E-state index in [4.69, 9.17) is 0 Å². The van der Waals surface area contributed by atoms with Gasteiger partial charge in [0.1, 0.15) is 0 Å². The Bertz CT molecular complexity index is 330. The first-order chi connectivity index (χ1) is 9.38. The van der Waals surface area contributed by atoms with Crippen LogP contribution in [-0.2, 0) is 6.54 Å². The van der Waals surface area contributed by atoms with Crippen LogP contribution in [0.3, 0.4) is 0 Å². The van der Waals surface area contributed by atoms with Crippen molar-refractivity contribution < 1.29 is 0 Å². The molecule has 1 aromatic rings. The van der Waals surface area contributed by atoms with Crippen LogP contribution in [-0.4, -0.2) is 30.6 Å². The summed E-state index contributed by atoms with van der Waals surface area (Å²) in [5.74, 6) is 0. The van der Waals surface area contributed by atoms with Gasteiger partial charge in [0.25, 0.3) is 0 Å². The van der Waals surface area contributed by atoms with Crippen LogP contribution in [0.2, 0.25) is 0 Å². The molecule has 2 rings (SSSR count). The highest BCUT2D eigenvalue weighted by Gasteiger charge is 2.13. The van der Waals surface area contributed by atoms with Gasteiger partial charge in [-0.15, -0.1) is 0 Å². The van der Waals surface area contributed by atoms with Gasteiger partial charge in [0.05, 0.1) is 0 Å². The van der Waals surface area contributed by atoms with Crippen molar-refractivity contribution >= 4 is 0 Å². The maximum Gasteiger partial charge on any atom is 0.0233 e. The summed E-state index contributed by atoms with van der Waals surface area (Å²) in [5, 5.41) is 3.70. The molecular formula is C17H28N2. The van der Waals surface area contributed by atoms with Gasteiger partial charge in [-0.05, 0) is 44.5 Å². The normalized spacial score (nSPS) is 16.3. The summed E-state index contributed by atoms with van der Waals surface area (Å²) in [6, 6.07) is 11.6. The highest BCUT2D eigenvalue weighted by Crippen LogP contribution is 2.17. The zero-order chi connectivity index (χ0) is 13.3. The Hall–Kier alpha value is -0.860. The molecule has 1 aromatic carbocycles. The zero-order valence-corrected chi connectivity index (χ0v) is 12.3. The fourth-order valence-electron chi connectivity index (χ4n) is 2.93. The third-order valence-corrected chi connectivity index (χ3v) is 4.14. The van der Waals surface area contributed by atoms with Gasteiger partial charge in [0.2, 0.25) is 0 Å². The lowest BCUT2D eigenvalue weighted by molar-refractivity contribution is 0.273. The number of nitrogens with one attached hydrogen (secondary N) is 1. The van der Waals surface area contributed by atoms with Gasteiger partial charge in [0.15, 0.2) is 0 Å². The van der Waals surface area contributed by atoms with E-state index in [0.717, 1.165) is 19.1 Å². The van der Waals surface area contributed by atoms with E-state index in [-0.39, 0.29) is 0 Å². The molecule has 106 valence electrons. The standard InChI is InChI=1S/C17H28N2/c1-2-19(15-16-9-4-3-5-10-16)14-8-13-18-17-11-6-7-12-17/h3-5,9-10,17-18H,2,6-8,11-15H2,1H3. The van der Waals surface area contributed by atoms with Gasteiger partial charge >= 0.3 is 0 Å². The van der Waals surface area contributed by atoms with Gasteiger partial charge in [0, 0.05) is 12.6 Å². The highest BCUT2D eigenvalue weighted by molar-refractivity contribution is 5.14. The Balaban J connectivity index is 1.62. The van der Waals surface area contributed by atoms with E-state index < -0.39 is 0 Å². The van der Waals surface area contributed by atoms with E-state index in [9.17, 15) is 0 Å². The summed E-state index contributed by atoms with van der Waals surface area (Å²) in [5.41, 5.74) is 1.42. The molecule has 1 aliphatic rings. The Morgan fingerprint density at radius 1 is 1.16 bits per heavy atom. The number of hydrogen-bond acceptors (Lipinski definition) is 2. The molecule has 0 aliphatic heterocycles. The molecule has 2 heteroatoms. The van der Waals surface area contributed by atoms with Crippen molar-refractivity contribution in [2.24, 2.45) is 0 Å². The summed E-state index contributed by atoms with van der Waals surface area (Å²) >= 11 is 0. The highest BCUT2D eigenvalue weighted by atomic mass is 15.1. The Morgan fingerprint density at radius 2 is 1.89 bits per heavy atom. The summed E-state index contributed by atoms with van der Waals surface area (Å²) in [7, 11) is 0. The number of rotatable bonds is 8. The Morgan fingerprint density at radius 3 is 2.58 bits per heavy atom. The van der Waals surface area contributed by atoms with Gasteiger partial charge in [-0.3, -0.25) is 4.90 Å².